The molecule has 0 radical (unpaired) electrons. The molecule has 0 atom stereocenters. The largest absolute Gasteiger partial charge is 0.399 e. The van der Waals surface area contributed by atoms with Crippen LogP contribution in [0.15, 0.2) is 48.9 Å². The van der Waals surface area contributed by atoms with Crippen LogP contribution in [0.4, 0.5) is 5.69 Å². The third kappa shape index (κ3) is 2.56. The van der Waals surface area contributed by atoms with E-state index in [-0.39, 0.29) is 0 Å². The Balaban J connectivity index is 1.72. The zero-order valence-corrected chi connectivity index (χ0v) is 11.4. The number of benzene rings is 1. The molecule has 102 valence electrons. The van der Waals surface area contributed by atoms with Gasteiger partial charge < -0.3 is 5.73 Å². The fourth-order valence-electron chi connectivity index (χ4n) is 2.23. The van der Waals surface area contributed by atoms with Crippen molar-refractivity contribution in [3.8, 4) is 11.1 Å². The van der Waals surface area contributed by atoms with Gasteiger partial charge >= 0.3 is 0 Å². The second-order valence-electron chi connectivity index (χ2n) is 4.81. The van der Waals surface area contributed by atoms with Gasteiger partial charge in [-0.05, 0) is 23.8 Å². The van der Waals surface area contributed by atoms with Crippen LogP contribution in [0.5, 0.6) is 0 Å². The minimum absolute atomic E-state index is 0.769. The quantitative estimate of drug-likeness (QED) is 0.736. The predicted molar refractivity (Wildman–Crippen MR) is 79.0 cm³/mol. The predicted octanol–water partition coefficient (Wildman–Crippen LogP) is 2.11. The highest BCUT2D eigenvalue weighted by Crippen LogP contribution is 2.20. The van der Waals surface area contributed by atoms with Gasteiger partial charge in [0.1, 0.15) is 0 Å². The van der Waals surface area contributed by atoms with Crippen molar-refractivity contribution in [1.82, 2.24) is 19.6 Å². The molecule has 0 fully saturated rings. The Kier molecular flexibility index (Phi) is 3.25. The number of aromatic nitrogens is 4. The summed E-state index contributed by atoms with van der Waals surface area (Å²) >= 11 is 0. The molecule has 0 unspecified atom stereocenters. The molecule has 2 N–H and O–H groups in total. The Morgan fingerprint density at radius 1 is 1.15 bits per heavy atom. The van der Waals surface area contributed by atoms with Gasteiger partial charge in [0.15, 0.2) is 0 Å². The van der Waals surface area contributed by atoms with Crippen LogP contribution in [0.25, 0.3) is 11.1 Å². The molecule has 1 aromatic carbocycles. The molecule has 0 amide bonds. The minimum atomic E-state index is 0.769. The molecule has 20 heavy (non-hydrogen) atoms. The molecule has 2 heterocycles. The number of aryl methyl sites for hydroxylation is 3. The van der Waals surface area contributed by atoms with Crippen molar-refractivity contribution < 1.29 is 0 Å². The highest BCUT2D eigenvalue weighted by molar-refractivity contribution is 5.65. The molecule has 0 saturated heterocycles. The van der Waals surface area contributed by atoms with E-state index in [1.807, 2.05) is 65.3 Å². The topological polar surface area (TPSA) is 61.7 Å². The SMILES string of the molecule is Cn1nccc1CCn1cc(-c2cccc(N)c2)cn1. The van der Waals surface area contributed by atoms with Crippen LogP contribution in [0.3, 0.4) is 0 Å². The molecular weight excluding hydrogens is 250 g/mol. The lowest BCUT2D eigenvalue weighted by atomic mass is 10.1. The summed E-state index contributed by atoms with van der Waals surface area (Å²) < 4.78 is 3.84. The number of hydrogen-bond donors (Lipinski definition) is 1. The third-order valence-corrected chi connectivity index (χ3v) is 3.37. The van der Waals surface area contributed by atoms with Crippen LogP contribution in [-0.2, 0) is 20.0 Å². The molecule has 0 spiro atoms. The molecule has 0 aliphatic heterocycles. The number of nitrogen functional groups attached to an aromatic ring is 1. The summed E-state index contributed by atoms with van der Waals surface area (Å²) in [6, 6.07) is 9.87. The van der Waals surface area contributed by atoms with Gasteiger partial charge in [0.2, 0.25) is 0 Å². The van der Waals surface area contributed by atoms with Crippen molar-refractivity contribution in [2.75, 3.05) is 5.73 Å². The summed E-state index contributed by atoms with van der Waals surface area (Å²) in [6.45, 7) is 0.835. The summed E-state index contributed by atoms with van der Waals surface area (Å²) in [6.07, 6.45) is 6.65. The van der Waals surface area contributed by atoms with E-state index in [2.05, 4.69) is 10.2 Å². The van der Waals surface area contributed by atoms with E-state index < -0.39 is 0 Å². The first-order chi connectivity index (χ1) is 9.72. The minimum Gasteiger partial charge on any atom is -0.399 e. The molecule has 2 aromatic heterocycles. The van der Waals surface area contributed by atoms with Crippen molar-refractivity contribution in [3.05, 3.63) is 54.6 Å². The zero-order chi connectivity index (χ0) is 13.9. The van der Waals surface area contributed by atoms with Gasteiger partial charge in [-0.25, -0.2) is 0 Å². The Labute approximate surface area is 117 Å². The van der Waals surface area contributed by atoms with Gasteiger partial charge in [0.05, 0.1) is 6.20 Å². The van der Waals surface area contributed by atoms with E-state index in [0.29, 0.717) is 0 Å². The third-order valence-electron chi connectivity index (χ3n) is 3.37. The van der Waals surface area contributed by atoms with E-state index in [1.54, 1.807) is 0 Å². The van der Waals surface area contributed by atoms with E-state index in [4.69, 9.17) is 5.73 Å². The number of nitrogens with zero attached hydrogens (tertiary/aromatic N) is 4. The number of nitrogens with two attached hydrogens (primary N) is 1. The van der Waals surface area contributed by atoms with Gasteiger partial charge in [0.25, 0.3) is 0 Å². The lowest BCUT2D eigenvalue weighted by Gasteiger charge is -2.02. The van der Waals surface area contributed by atoms with Gasteiger partial charge in [0, 0.05) is 49.4 Å². The molecule has 0 saturated carbocycles. The molecule has 5 nitrogen and oxygen atoms in total. The van der Waals surface area contributed by atoms with Crippen molar-refractivity contribution >= 4 is 5.69 Å². The van der Waals surface area contributed by atoms with Gasteiger partial charge in [-0.3, -0.25) is 9.36 Å². The van der Waals surface area contributed by atoms with Crippen molar-refractivity contribution in [2.45, 2.75) is 13.0 Å². The van der Waals surface area contributed by atoms with E-state index in [9.17, 15) is 0 Å². The van der Waals surface area contributed by atoms with Crippen LogP contribution in [0.2, 0.25) is 0 Å². The highest BCUT2D eigenvalue weighted by atomic mass is 15.3. The number of rotatable bonds is 4. The standard InChI is InChI=1S/C15H17N5/c1-19-15(5-7-17-19)6-8-20-11-13(10-18-20)12-3-2-4-14(16)9-12/h2-5,7,9-11H,6,8,16H2,1H3. The molecular formula is C15H17N5. The first-order valence-corrected chi connectivity index (χ1v) is 6.57. The van der Waals surface area contributed by atoms with Gasteiger partial charge in [-0.2, -0.15) is 10.2 Å². The summed E-state index contributed by atoms with van der Waals surface area (Å²) in [4.78, 5) is 0. The van der Waals surface area contributed by atoms with Crippen LogP contribution in [-0.4, -0.2) is 19.6 Å². The smallest absolute Gasteiger partial charge is 0.0568 e. The fraction of sp³-hybridized carbons (Fsp3) is 0.200. The van der Waals surface area contributed by atoms with E-state index >= 15 is 0 Å². The van der Waals surface area contributed by atoms with Crippen molar-refractivity contribution in [2.24, 2.45) is 7.05 Å². The highest BCUT2D eigenvalue weighted by Gasteiger charge is 2.04. The molecule has 0 bridgehead atoms. The average Bonchev–Trinajstić information content (AvgIpc) is 3.05. The van der Waals surface area contributed by atoms with Crippen LogP contribution in [0, 0.1) is 0 Å². The average molecular weight is 267 g/mol. The maximum atomic E-state index is 5.81. The van der Waals surface area contributed by atoms with Crippen LogP contribution < -0.4 is 5.73 Å². The van der Waals surface area contributed by atoms with E-state index in [0.717, 1.165) is 29.8 Å². The lowest BCUT2D eigenvalue weighted by molar-refractivity contribution is 0.586. The number of anilines is 1. The second kappa shape index (κ2) is 5.21. The van der Waals surface area contributed by atoms with Gasteiger partial charge in [-0.15, -0.1) is 0 Å². The van der Waals surface area contributed by atoms with Crippen molar-refractivity contribution in [3.63, 3.8) is 0 Å². The summed E-state index contributed by atoms with van der Waals surface area (Å²) in [5, 5.41) is 8.56. The lowest BCUT2D eigenvalue weighted by Crippen LogP contribution is -2.05. The Morgan fingerprint density at radius 3 is 2.80 bits per heavy atom. The number of hydrogen-bond acceptors (Lipinski definition) is 3. The first-order valence-electron chi connectivity index (χ1n) is 6.57. The monoisotopic (exact) mass is 267 g/mol. The Bertz CT molecular complexity index is 710. The maximum Gasteiger partial charge on any atom is 0.0568 e. The first kappa shape index (κ1) is 12.5. The van der Waals surface area contributed by atoms with Gasteiger partial charge in [-0.1, -0.05) is 12.1 Å². The summed E-state index contributed by atoms with van der Waals surface area (Å²) in [5.74, 6) is 0. The Morgan fingerprint density at radius 2 is 2.05 bits per heavy atom. The molecule has 0 aliphatic carbocycles. The van der Waals surface area contributed by atoms with Crippen LogP contribution >= 0.6 is 0 Å². The summed E-state index contributed by atoms with van der Waals surface area (Å²) in [5.41, 5.74) is 9.95. The Hall–Kier alpha value is -2.56. The van der Waals surface area contributed by atoms with E-state index in [1.165, 1.54) is 5.69 Å². The molecule has 5 heteroatoms. The second-order valence-corrected chi connectivity index (χ2v) is 4.81. The molecule has 3 rings (SSSR count). The fourth-order valence-corrected chi connectivity index (χ4v) is 2.23. The van der Waals surface area contributed by atoms with Crippen molar-refractivity contribution in [1.29, 1.82) is 0 Å². The summed E-state index contributed by atoms with van der Waals surface area (Å²) in [7, 11) is 1.95. The zero-order valence-electron chi connectivity index (χ0n) is 11.4. The normalized spacial score (nSPS) is 10.8. The molecule has 3 aromatic rings. The maximum absolute atomic E-state index is 5.81. The van der Waals surface area contributed by atoms with Crippen LogP contribution in [0.1, 0.15) is 5.69 Å². The molecule has 0 aliphatic rings.